The van der Waals surface area contributed by atoms with Crippen molar-refractivity contribution < 1.29 is 17.6 Å². The highest BCUT2D eigenvalue weighted by Gasteiger charge is 2.21. The predicted octanol–water partition coefficient (Wildman–Crippen LogP) is 3.94. The number of aromatic nitrogens is 1. The largest absolute Gasteiger partial charge is 0.497 e. The van der Waals surface area contributed by atoms with E-state index in [1.807, 2.05) is 0 Å². The van der Waals surface area contributed by atoms with Crippen LogP contribution in [0, 0.1) is 0 Å². The van der Waals surface area contributed by atoms with Gasteiger partial charge in [-0.25, -0.2) is 13.1 Å². The molecule has 9 heteroatoms. The first-order valence-electron chi connectivity index (χ1n) is 6.31. The Labute approximate surface area is 142 Å². The van der Waals surface area contributed by atoms with Crippen molar-refractivity contribution in [1.82, 2.24) is 4.98 Å². The highest BCUT2D eigenvalue weighted by atomic mass is 35.5. The van der Waals surface area contributed by atoms with E-state index >= 15 is 0 Å². The molecule has 120 valence electrons. The minimum absolute atomic E-state index is 0.0414. The molecule has 0 unspecified atom stereocenters. The molecular weight excluding hydrogens is 363 g/mol. The van der Waals surface area contributed by atoms with Crippen molar-refractivity contribution in [2.24, 2.45) is 0 Å². The van der Waals surface area contributed by atoms with Crippen molar-refractivity contribution in [3.05, 3.63) is 46.4 Å². The van der Waals surface area contributed by atoms with E-state index in [1.54, 1.807) is 18.2 Å². The summed E-state index contributed by atoms with van der Waals surface area (Å²) in [5.74, 6) is 0.570. The van der Waals surface area contributed by atoms with Crippen molar-refractivity contribution in [2.75, 3.05) is 11.8 Å². The number of sulfonamides is 1. The maximum atomic E-state index is 12.4. The molecule has 2 aromatic carbocycles. The Morgan fingerprint density at radius 3 is 2.70 bits per heavy atom. The average Bonchev–Trinajstić information content (AvgIpc) is 2.89. The van der Waals surface area contributed by atoms with Gasteiger partial charge in [0.05, 0.1) is 12.1 Å². The van der Waals surface area contributed by atoms with Gasteiger partial charge in [0.1, 0.15) is 16.2 Å². The van der Waals surface area contributed by atoms with E-state index in [2.05, 4.69) is 9.71 Å². The molecule has 0 amide bonds. The fourth-order valence-corrected chi connectivity index (χ4v) is 3.62. The quantitative estimate of drug-likeness (QED) is 0.749. The molecule has 1 heterocycles. The number of hydrogen-bond donors (Lipinski definition) is 1. The molecule has 0 saturated carbocycles. The van der Waals surface area contributed by atoms with Gasteiger partial charge in [-0.2, -0.15) is 4.98 Å². The minimum Gasteiger partial charge on any atom is -0.497 e. The number of anilines is 1. The maximum Gasteiger partial charge on any atom is 0.309 e. The van der Waals surface area contributed by atoms with E-state index in [9.17, 15) is 8.42 Å². The SMILES string of the molecule is COc1ccc2nc(NS(=O)(=O)c3cc(Cl)ccc3Cl)oc2c1. The first-order valence-corrected chi connectivity index (χ1v) is 8.55. The number of methoxy groups -OCH3 is 1. The molecule has 6 nitrogen and oxygen atoms in total. The summed E-state index contributed by atoms with van der Waals surface area (Å²) in [4.78, 5) is 3.90. The van der Waals surface area contributed by atoms with Crippen LogP contribution in [0.2, 0.25) is 10.0 Å². The third kappa shape index (κ3) is 3.21. The first-order chi connectivity index (χ1) is 10.9. The van der Waals surface area contributed by atoms with Crippen LogP contribution in [-0.4, -0.2) is 20.5 Å². The van der Waals surface area contributed by atoms with E-state index in [1.165, 1.54) is 25.3 Å². The third-order valence-electron chi connectivity index (χ3n) is 3.00. The topological polar surface area (TPSA) is 81.4 Å². The lowest BCUT2D eigenvalue weighted by atomic mass is 10.3. The lowest BCUT2D eigenvalue weighted by Gasteiger charge is -2.06. The molecule has 0 atom stereocenters. The first kappa shape index (κ1) is 15.9. The normalized spacial score (nSPS) is 11.6. The highest BCUT2D eigenvalue weighted by Crippen LogP contribution is 2.28. The van der Waals surface area contributed by atoms with Crippen molar-refractivity contribution >= 4 is 50.3 Å². The molecule has 0 bridgehead atoms. The number of ether oxygens (including phenoxy) is 1. The molecule has 1 N–H and O–H groups in total. The average molecular weight is 373 g/mol. The number of halogens is 2. The molecule has 0 spiro atoms. The van der Waals surface area contributed by atoms with Crippen LogP contribution >= 0.6 is 23.2 Å². The van der Waals surface area contributed by atoms with Crippen LogP contribution < -0.4 is 9.46 Å². The third-order valence-corrected chi connectivity index (χ3v) is 5.04. The number of rotatable bonds is 4. The van der Waals surface area contributed by atoms with Crippen molar-refractivity contribution in [2.45, 2.75) is 4.90 Å². The highest BCUT2D eigenvalue weighted by molar-refractivity contribution is 7.92. The van der Waals surface area contributed by atoms with Gasteiger partial charge in [0, 0.05) is 11.1 Å². The minimum atomic E-state index is -3.98. The van der Waals surface area contributed by atoms with Crippen molar-refractivity contribution in [3.63, 3.8) is 0 Å². The van der Waals surface area contributed by atoms with Gasteiger partial charge >= 0.3 is 6.01 Å². The van der Waals surface area contributed by atoms with E-state index in [0.717, 1.165) is 0 Å². The van der Waals surface area contributed by atoms with Crippen molar-refractivity contribution in [3.8, 4) is 5.75 Å². The second-order valence-corrected chi connectivity index (χ2v) is 7.03. The lowest BCUT2D eigenvalue weighted by molar-refractivity contribution is 0.414. The number of fused-ring (bicyclic) bond motifs is 1. The monoisotopic (exact) mass is 372 g/mol. The second kappa shape index (κ2) is 5.92. The summed E-state index contributed by atoms with van der Waals surface area (Å²) < 4.78 is 37.5. The summed E-state index contributed by atoms with van der Waals surface area (Å²) in [6.07, 6.45) is 0. The second-order valence-electron chi connectivity index (χ2n) is 4.53. The van der Waals surface area contributed by atoms with Crippen LogP contribution in [0.25, 0.3) is 11.1 Å². The number of hydrogen-bond acceptors (Lipinski definition) is 5. The Balaban J connectivity index is 1.98. The van der Waals surface area contributed by atoms with Gasteiger partial charge in [0.15, 0.2) is 5.58 Å². The Hall–Kier alpha value is -1.96. The van der Waals surface area contributed by atoms with Crippen molar-refractivity contribution in [1.29, 1.82) is 0 Å². The molecule has 23 heavy (non-hydrogen) atoms. The van der Waals surface area contributed by atoms with Gasteiger partial charge in [-0.1, -0.05) is 23.2 Å². The van der Waals surface area contributed by atoms with Crippen LogP contribution in [0.1, 0.15) is 0 Å². The smallest absolute Gasteiger partial charge is 0.309 e. The Kier molecular flexibility index (Phi) is 4.09. The van der Waals surface area contributed by atoms with Gasteiger partial charge < -0.3 is 9.15 Å². The van der Waals surface area contributed by atoms with Gasteiger partial charge in [0.2, 0.25) is 0 Å². The maximum absolute atomic E-state index is 12.4. The molecule has 0 radical (unpaired) electrons. The van der Waals surface area contributed by atoms with Gasteiger partial charge in [-0.3, -0.25) is 0 Å². The lowest BCUT2D eigenvalue weighted by Crippen LogP contribution is -2.13. The predicted molar refractivity (Wildman–Crippen MR) is 87.8 cm³/mol. The summed E-state index contributed by atoms with van der Waals surface area (Å²) in [7, 11) is -2.47. The zero-order valence-corrected chi connectivity index (χ0v) is 14.0. The van der Waals surface area contributed by atoms with Crippen LogP contribution in [0.5, 0.6) is 5.75 Å². The summed E-state index contributed by atoms with van der Waals surface area (Å²) in [6, 6.07) is 8.91. The molecule has 0 aliphatic carbocycles. The fourth-order valence-electron chi connectivity index (χ4n) is 1.93. The van der Waals surface area contributed by atoms with Crippen LogP contribution in [0.15, 0.2) is 45.7 Å². The zero-order chi connectivity index (χ0) is 16.6. The molecule has 0 aliphatic rings. The number of benzene rings is 2. The molecule has 0 saturated heterocycles. The Bertz CT molecular complexity index is 986. The van der Waals surface area contributed by atoms with Gasteiger partial charge in [-0.05, 0) is 30.3 Å². The number of oxazole rings is 1. The standard InChI is InChI=1S/C14H10Cl2N2O4S/c1-21-9-3-5-11-12(7-9)22-14(17-11)18-23(19,20)13-6-8(15)2-4-10(13)16/h2-7H,1H3,(H,17,18). The van der Waals surface area contributed by atoms with Crippen LogP contribution in [0.4, 0.5) is 6.01 Å². The molecule has 0 fully saturated rings. The summed E-state index contributed by atoms with van der Waals surface area (Å²) >= 11 is 11.7. The molecule has 1 aromatic heterocycles. The molecule has 3 aromatic rings. The van der Waals surface area contributed by atoms with E-state index in [0.29, 0.717) is 16.8 Å². The fraction of sp³-hybridized carbons (Fsp3) is 0.0714. The Morgan fingerprint density at radius 2 is 1.96 bits per heavy atom. The van der Waals surface area contributed by atoms with E-state index in [4.69, 9.17) is 32.4 Å². The van der Waals surface area contributed by atoms with Gasteiger partial charge in [0.25, 0.3) is 10.0 Å². The summed E-state index contributed by atoms with van der Waals surface area (Å²) in [5.41, 5.74) is 0.875. The van der Waals surface area contributed by atoms with E-state index < -0.39 is 10.0 Å². The van der Waals surface area contributed by atoms with Crippen LogP contribution in [-0.2, 0) is 10.0 Å². The Morgan fingerprint density at radius 1 is 1.17 bits per heavy atom. The van der Waals surface area contributed by atoms with Crippen LogP contribution in [0.3, 0.4) is 0 Å². The summed E-state index contributed by atoms with van der Waals surface area (Å²) in [6.45, 7) is 0. The van der Waals surface area contributed by atoms with Gasteiger partial charge in [-0.15, -0.1) is 0 Å². The zero-order valence-electron chi connectivity index (χ0n) is 11.7. The van der Waals surface area contributed by atoms with E-state index in [-0.39, 0.29) is 21.0 Å². The molecule has 3 rings (SSSR count). The molecule has 0 aliphatic heterocycles. The summed E-state index contributed by atoms with van der Waals surface area (Å²) in [5, 5.41) is 0.289. The number of nitrogens with zero attached hydrogens (tertiary/aromatic N) is 1. The molecular formula is C14H10Cl2N2O4S. The number of nitrogens with one attached hydrogen (secondary N) is 1.